The number of amides is 1. The van der Waals surface area contributed by atoms with Crippen molar-refractivity contribution < 1.29 is 4.79 Å². The van der Waals surface area contributed by atoms with Crippen molar-refractivity contribution in [1.29, 1.82) is 0 Å². The predicted molar refractivity (Wildman–Crippen MR) is 77.8 cm³/mol. The predicted octanol–water partition coefficient (Wildman–Crippen LogP) is 3.22. The first kappa shape index (κ1) is 14.0. The van der Waals surface area contributed by atoms with Crippen LogP contribution in [0.4, 0.5) is 5.69 Å². The highest BCUT2D eigenvalue weighted by atomic mass is 35.5. The first-order chi connectivity index (χ1) is 8.97. The Kier molecular flexibility index (Phi) is 4.19. The number of rotatable bonds is 3. The first-order valence-electron chi connectivity index (χ1n) is 5.15. The fourth-order valence-corrected chi connectivity index (χ4v) is 2.76. The van der Waals surface area contributed by atoms with Gasteiger partial charge in [0.05, 0.1) is 15.6 Å². The molecule has 1 aromatic heterocycles. The number of anilines is 1. The molecule has 1 aromatic carbocycles. The number of nitrogens with two attached hydrogens (primary N) is 2. The molecule has 0 atom stereocenters. The minimum absolute atomic E-state index is 0.270. The summed E-state index contributed by atoms with van der Waals surface area (Å²) in [6, 6.07) is 6.48. The molecule has 19 heavy (non-hydrogen) atoms. The lowest BCUT2D eigenvalue weighted by atomic mass is 10.2. The second kappa shape index (κ2) is 5.69. The molecule has 2 aromatic rings. The molecule has 1 heterocycles. The summed E-state index contributed by atoms with van der Waals surface area (Å²) < 4.78 is 0. The Hall–Kier alpha value is -1.43. The summed E-state index contributed by atoms with van der Waals surface area (Å²) in [5.41, 5.74) is 11.6. The van der Waals surface area contributed by atoms with Gasteiger partial charge >= 0.3 is 0 Å². The molecule has 1 amide bonds. The van der Waals surface area contributed by atoms with Gasteiger partial charge in [-0.15, -0.1) is 0 Å². The van der Waals surface area contributed by atoms with E-state index in [9.17, 15) is 4.79 Å². The number of benzene rings is 1. The lowest BCUT2D eigenvalue weighted by Gasteiger charge is -2.09. The standard InChI is InChI=1S/C12H9Cl2N3OS/c13-6-1-2-10(17-5-6)19-11-8(12(16)18)3-7(15)4-9(11)14/h1-5H,15H2,(H2,16,18). The van der Waals surface area contributed by atoms with Gasteiger partial charge in [0.1, 0.15) is 5.03 Å². The number of aromatic nitrogens is 1. The molecule has 0 aliphatic rings. The van der Waals surface area contributed by atoms with Gasteiger partial charge in [0.2, 0.25) is 5.91 Å². The van der Waals surface area contributed by atoms with Crippen LogP contribution in [0, 0.1) is 0 Å². The molecule has 0 unspecified atom stereocenters. The molecule has 4 nitrogen and oxygen atoms in total. The second-order valence-electron chi connectivity index (χ2n) is 3.66. The van der Waals surface area contributed by atoms with Crippen LogP contribution >= 0.6 is 35.0 Å². The Balaban J connectivity index is 2.44. The van der Waals surface area contributed by atoms with E-state index >= 15 is 0 Å². The molecule has 0 spiro atoms. The third-order valence-electron chi connectivity index (χ3n) is 2.24. The molecular formula is C12H9Cl2N3OS. The van der Waals surface area contributed by atoms with Gasteiger partial charge in [-0.25, -0.2) is 4.98 Å². The van der Waals surface area contributed by atoms with Crippen molar-refractivity contribution in [2.45, 2.75) is 9.92 Å². The fraction of sp³-hybridized carbons (Fsp3) is 0. The minimum Gasteiger partial charge on any atom is -0.399 e. The maximum absolute atomic E-state index is 11.4. The molecule has 0 fully saturated rings. The number of nitrogens with zero attached hydrogens (tertiary/aromatic N) is 1. The lowest BCUT2D eigenvalue weighted by molar-refractivity contribution is 0.0997. The molecule has 0 bridgehead atoms. The number of pyridine rings is 1. The number of nitrogen functional groups attached to an aromatic ring is 1. The van der Waals surface area contributed by atoms with Gasteiger partial charge in [0, 0.05) is 16.8 Å². The zero-order valence-electron chi connectivity index (χ0n) is 9.56. The van der Waals surface area contributed by atoms with Gasteiger partial charge in [-0.2, -0.15) is 0 Å². The maximum atomic E-state index is 11.4. The monoisotopic (exact) mass is 313 g/mol. The van der Waals surface area contributed by atoms with Crippen LogP contribution in [0.15, 0.2) is 40.4 Å². The summed E-state index contributed by atoms with van der Waals surface area (Å²) in [6.07, 6.45) is 1.51. The highest BCUT2D eigenvalue weighted by molar-refractivity contribution is 7.99. The lowest BCUT2D eigenvalue weighted by Crippen LogP contribution is -2.13. The highest BCUT2D eigenvalue weighted by Gasteiger charge is 2.15. The van der Waals surface area contributed by atoms with Crippen molar-refractivity contribution in [3.8, 4) is 0 Å². The summed E-state index contributed by atoms with van der Waals surface area (Å²) in [4.78, 5) is 16.1. The molecule has 0 saturated heterocycles. The molecule has 0 aliphatic carbocycles. The molecule has 4 N–H and O–H groups in total. The number of primary amides is 1. The third kappa shape index (κ3) is 3.32. The minimum atomic E-state index is -0.592. The number of carbonyl (C=O) groups excluding carboxylic acids is 1. The van der Waals surface area contributed by atoms with Crippen molar-refractivity contribution in [2.24, 2.45) is 5.73 Å². The summed E-state index contributed by atoms with van der Waals surface area (Å²) in [5, 5.41) is 1.54. The molecule has 7 heteroatoms. The van der Waals surface area contributed by atoms with Crippen molar-refractivity contribution in [3.63, 3.8) is 0 Å². The van der Waals surface area contributed by atoms with E-state index in [0.29, 0.717) is 25.7 Å². The molecule has 98 valence electrons. The Morgan fingerprint density at radius 3 is 2.58 bits per heavy atom. The first-order valence-corrected chi connectivity index (χ1v) is 6.73. The smallest absolute Gasteiger partial charge is 0.249 e. The quantitative estimate of drug-likeness (QED) is 0.852. The molecule has 2 rings (SSSR count). The average molecular weight is 314 g/mol. The SMILES string of the molecule is NC(=O)c1cc(N)cc(Cl)c1Sc1ccc(Cl)cn1. The third-order valence-corrected chi connectivity index (χ3v) is 3.97. The number of carbonyl (C=O) groups is 1. The number of hydrogen-bond acceptors (Lipinski definition) is 4. The maximum Gasteiger partial charge on any atom is 0.249 e. The zero-order chi connectivity index (χ0) is 14.0. The topological polar surface area (TPSA) is 82.0 Å². The molecule has 0 aliphatic heterocycles. The Labute approximate surface area is 124 Å². The van der Waals surface area contributed by atoms with Gasteiger partial charge in [0.15, 0.2) is 0 Å². The van der Waals surface area contributed by atoms with E-state index in [0.717, 1.165) is 0 Å². The average Bonchev–Trinajstić information content (AvgIpc) is 2.34. The van der Waals surface area contributed by atoms with E-state index in [4.69, 9.17) is 34.7 Å². The van der Waals surface area contributed by atoms with Crippen molar-refractivity contribution in [1.82, 2.24) is 4.98 Å². The molecule has 0 radical (unpaired) electrons. The summed E-state index contributed by atoms with van der Waals surface area (Å²) in [7, 11) is 0. The van der Waals surface area contributed by atoms with Crippen LogP contribution < -0.4 is 11.5 Å². The van der Waals surface area contributed by atoms with E-state index in [1.807, 2.05) is 0 Å². The summed E-state index contributed by atoms with van der Waals surface area (Å²) >= 11 is 13.1. The molecule has 0 saturated carbocycles. The number of hydrogen-bond donors (Lipinski definition) is 2. The van der Waals surface area contributed by atoms with Crippen LogP contribution in [0.25, 0.3) is 0 Å². The van der Waals surface area contributed by atoms with Crippen molar-refractivity contribution in [2.75, 3.05) is 5.73 Å². The molecular weight excluding hydrogens is 305 g/mol. The van der Waals surface area contributed by atoms with Crippen LogP contribution in [0.5, 0.6) is 0 Å². The highest BCUT2D eigenvalue weighted by Crippen LogP contribution is 2.36. The van der Waals surface area contributed by atoms with Gasteiger partial charge in [0.25, 0.3) is 0 Å². The van der Waals surface area contributed by atoms with Crippen LogP contribution in [0.3, 0.4) is 0 Å². The van der Waals surface area contributed by atoms with Gasteiger partial charge < -0.3 is 11.5 Å². The van der Waals surface area contributed by atoms with Gasteiger partial charge in [-0.05, 0) is 24.3 Å². The van der Waals surface area contributed by atoms with Crippen LogP contribution in [-0.2, 0) is 0 Å². The number of halogens is 2. The van der Waals surface area contributed by atoms with Gasteiger partial charge in [-0.3, -0.25) is 4.79 Å². The Bertz CT molecular complexity index is 632. The summed E-state index contributed by atoms with van der Waals surface area (Å²) in [6.45, 7) is 0. The van der Waals surface area contributed by atoms with Crippen molar-refractivity contribution >= 4 is 46.6 Å². The summed E-state index contributed by atoms with van der Waals surface area (Å²) in [5.74, 6) is -0.592. The van der Waals surface area contributed by atoms with Crippen LogP contribution in [-0.4, -0.2) is 10.9 Å². The fourth-order valence-electron chi connectivity index (χ4n) is 1.43. The Morgan fingerprint density at radius 2 is 2.00 bits per heavy atom. The largest absolute Gasteiger partial charge is 0.399 e. The van der Waals surface area contributed by atoms with E-state index in [1.165, 1.54) is 24.0 Å². The Morgan fingerprint density at radius 1 is 1.26 bits per heavy atom. The van der Waals surface area contributed by atoms with E-state index < -0.39 is 5.91 Å². The normalized spacial score (nSPS) is 10.4. The van der Waals surface area contributed by atoms with Gasteiger partial charge in [-0.1, -0.05) is 35.0 Å². The van der Waals surface area contributed by atoms with E-state index in [-0.39, 0.29) is 5.56 Å². The van der Waals surface area contributed by atoms with Crippen LogP contribution in [0.2, 0.25) is 10.0 Å². The van der Waals surface area contributed by atoms with E-state index in [1.54, 1.807) is 18.2 Å². The van der Waals surface area contributed by atoms with Crippen molar-refractivity contribution in [3.05, 3.63) is 46.1 Å². The zero-order valence-corrected chi connectivity index (χ0v) is 11.9. The van der Waals surface area contributed by atoms with Crippen LogP contribution in [0.1, 0.15) is 10.4 Å². The second-order valence-corrected chi connectivity index (χ2v) is 5.53. The van der Waals surface area contributed by atoms with E-state index in [2.05, 4.69) is 4.98 Å².